The van der Waals surface area contributed by atoms with Gasteiger partial charge in [0.15, 0.2) is 0 Å². The van der Waals surface area contributed by atoms with Gasteiger partial charge in [0, 0.05) is 31.9 Å². The Hall–Kier alpha value is -1.44. The van der Waals surface area contributed by atoms with E-state index < -0.39 is 0 Å². The molecule has 1 aromatic rings. The van der Waals surface area contributed by atoms with Crippen molar-refractivity contribution < 1.29 is 0 Å². The Labute approximate surface area is 238 Å². The monoisotopic (exact) mass is 525 g/mol. The van der Waals surface area contributed by atoms with E-state index in [2.05, 4.69) is 66.4 Å². The van der Waals surface area contributed by atoms with E-state index >= 15 is 0 Å². The van der Waals surface area contributed by atoms with Gasteiger partial charge in [-0.3, -0.25) is 0 Å². The molecule has 1 atom stereocenters. The van der Waals surface area contributed by atoms with Gasteiger partial charge in [0.2, 0.25) is 0 Å². The van der Waals surface area contributed by atoms with Crippen LogP contribution in [-0.2, 0) is 6.42 Å². The predicted octanol–water partition coefficient (Wildman–Crippen LogP) is 11.3. The molecule has 0 N–H and O–H groups in total. The van der Waals surface area contributed by atoms with Gasteiger partial charge in [0.25, 0.3) is 0 Å². The topological polar surface area (TPSA) is 6.48 Å². The molecule has 0 spiro atoms. The second-order valence-corrected chi connectivity index (χ2v) is 12.0. The summed E-state index contributed by atoms with van der Waals surface area (Å²) in [4.78, 5) is 5.25. The van der Waals surface area contributed by atoms with E-state index in [4.69, 9.17) is 0 Å². The van der Waals surface area contributed by atoms with Gasteiger partial charge in [-0.25, -0.2) is 0 Å². The molecule has 0 bridgehead atoms. The molecule has 38 heavy (non-hydrogen) atoms. The van der Waals surface area contributed by atoms with Crippen molar-refractivity contribution in [2.24, 2.45) is 0 Å². The third-order valence-corrected chi connectivity index (χ3v) is 8.52. The molecule has 1 unspecified atom stereocenters. The molecular formula is C36H64N2. The molecule has 0 aliphatic carbocycles. The zero-order valence-electron chi connectivity index (χ0n) is 25.7. The van der Waals surface area contributed by atoms with E-state index in [-0.39, 0.29) is 0 Å². The predicted molar refractivity (Wildman–Crippen MR) is 169 cm³/mol. The lowest BCUT2D eigenvalue weighted by molar-refractivity contribution is 0.148. The van der Waals surface area contributed by atoms with Gasteiger partial charge in [-0.15, -0.1) is 0 Å². The SMILES string of the molecule is CCCCCCCCCCCCCCCCCCCN1C=CN(CCCCCCC)C1Cc1ccccc1. The van der Waals surface area contributed by atoms with E-state index in [0.29, 0.717) is 6.17 Å². The molecule has 1 aliphatic rings. The molecule has 2 rings (SSSR count). The number of unbranched alkanes of at least 4 members (excludes halogenated alkanes) is 20. The van der Waals surface area contributed by atoms with Crippen LogP contribution in [0.15, 0.2) is 42.7 Å². The average molecular weight is 525 g/mol. The average Bonchev–Trinajstić information content (AvgIpc) is 3.31. The Morgan fingerprint density at radius 3 is 1.16 bits per heavy atom. The second-order valence-electron chi connectivity index (χ2n) is 12.0. The standard InChI is InChI=1S/C36H64N2/c1-3-5-7-9-10-11-12-13-14-15-16-17-18-19-20-22-27-31-38-33-32-37(30-26-21-8-6-4-2)36(38)34-35-28-24-23-25-29-35/h23-25,28-29,32-33,36H,3-22,26-27,30-31,34H2,1-2H3. The van der Waals surface area contributed by atoms with Crippen molar-refractivity contribution in [1.82, 2.24) is 9.80 Å². The van der Waals surface area contributed by atoms with Crippen LogP contribution in [-0.4, -0.2) is 29.1 Å². The highest BCUT2D eigenvalue weighted by Gasteiger charge is 2.25. The molecule has 2 heteroatoms. The number of rotatable bonds is 26. The fourth-order valence-electron chi connectivity index (χ4n) is 5.98. The van der Waals surface area contributed by atoms with Crippen LogP contribution >= 0.6 is 0 Å². The second kappa shape index (κ2) is 23.4. The van der Waals surface area contributed by atoms with Gasteiger partial charge in [0.05, 0.1) is 0 Å². The van der Waals surface area contributed by atoms with Crippen molar-refractivity contribution in [1.29, 1.82) is 0 Å². The van der Waals surface area contributed by atoms with Crippen LogP contribution in [0.1, 0.15) is 161 Å². The van der Waals surface area contributed by atoms with Crippen molar-refractivity contribution >= 4 is 0 Å². The van der Waals surface area contributed by atoms with Gasteiger partial charge >= 0.3 is 0 Å². The summed E-state index contributed by atoms with van der Waals surface area (Å²) in [6.07, 6.45) is 37.7. The molecule has 0 saturated carbocycles. The summed E-state index contributed by atoms with van der Waals surface area (Å²) < 4.78 is 0. The molecular weight excluding hydrogens is 460 g/mol. The van der Waals surface area contributed by atoms with Gasteiger partial charge in [-0.05, 0) is 18.4 Å². The lowest BCUT2D eigenvalue weighted by atomic mass is 10.0. The maximum Gasteiger partial charge on any atom is 0.105 e. The van der Waals surface area contributed by atoms with Crippen molar-refractivity contribution in [2.75, 3.05) is 13.1 Å². The lowest BCUT2D eigenvalue weighted by Crippen LogP contribution is -2.41. The summed E-state index contributed by atoms with van der Waals surface area (Å²) >= 11 is 0. The van der Waals surface area contributed by atoms with Crippen LogP contribution in [0.25, 0.3) is 0 Å². The Kier molecular flexibility index (Phi) is 20.2. The first-order chi connectivity index (χ1) is 18.8. The third kappa shape index (κ3) is 15.8. The van der Waals surface area contributed by atoms with E-state index in [1.807, 2.05) is 0 Å². The minimum absolute atomic E-state index is 0.504. The zero-order valence-corrected chi connectivity index (χ0v) is 25.7. The third-order valence-electron chi connectivity index (χ3n) is 8.52. The Morgan fingerprint density at radius 2 is 0.789 bits per heavy atom. The molecule has 1 aromatic carbocycles. The fraction of sp³-hybridized carbons (Fsp3) is 0.778. The largest absolute Gasteiger partial charge is 0.356 e. The highest BCUT2D eigenvalue weighted by atomic mass is 15.4. The number of hydrogen-bond acceptors (Lipinski definition) is 2. The first-order valence-corrected chi connectivity index (χ1v) is 17.1. The van der Waals surface area contributed by atoms with Crippen molar-refractivity contribution in [3.63, 3.8) is 0 Å². The van der Waals surface area contributed by atoms with Crippen LogP contribution < -0.4 is 0 Å². The summed E-state index contributed by atoms with van der Waals surface area (Å²) in [6, 6.07) is 11.1. The van der Waals surface area contributed by atoms with Gasteiger partial charge < -0.3 is 9.80 Å². The number of hydrogen-bond donors (Lipinski definition) is 0. The molecule has 0 saturated heterocycles. The van der Waals surface area contributed by atoms with Crippen molar-refractivity contribution in [3.05, 3.63) is 48.3 Å². The molecule has 0 aromatic heterocycles. The van der Waals surface area contributed by atoms with Gasteiger partial charge in [0.1, 0.15) is 6.17 Å². The first kappa shape index (κ1) is 32.8. The molecule has 0 radical (unpaired) electrons. The molecule has 0 fully saturated rings. The summed E-state index contributed by atoms with van der Waals surface area (Å²) in [5.41, 5.74) is 1.46. The summed E-state index contributed by atoms with van der Waals surface area (Å²) in [7, 11) is 0. The van der Waals surface area contributed by atoms with Crippen LogP contribution in [0.2, 0.25) is 0 Å². The molecule has 0 amide bonds. The van der Waals surface area contributed by atoms with Crippen molar-refractivity contribution in [3.8, 4) is 0 Å². The first-order valence-electron chi connectivity index (χ1n) is 17.1. The van der Waals surface area contributed by atoms with E-state index in [1.54, 1.807) is 0 Å². The normalized spacial score (nSPS) is 15.2. The molecule has 2 nitrogen and oxygen atoms in total. The van der Waals surface area contributed by atoms with Crippen LogP contribution in [0, 0.1) is 0 Å². The quantitative estimate of drug-likeness (QED) is 0.111. The highest BCUT2D eigenvalue weighted by Crippen LogP contribution is 2.22. The lowest BCUT2D eigenvalue weighted by Gasteiger charge is -2.33. The zero-order chi connectivity index (χ0) is 26.9. The Morgan fingerprint density at radius 1 is 0.447 bits per heavy atom. The molecule has 218 valence electrons. The Balaban J connectivity index is 1.49. The van der Waals surface area contributed by atoms with E-state index in [0.717, 1.165) is 6.42 Å². The fourth-order valence-corrected chi connectivity index (χ4v) is 5.98. The van der Waals surface area contributed by atoms with Gasteiger partial charge in [-0.2, -0.15) is 0 Å². The van der Waals surface area contributed by atoms with E-state index in [9.17, 15) is 0 Å². The minimum Gasteiger partial charge on any atom is -0.356 e. The smallest absolute Gasteiger partial charge is 0.105 e. The maximum atomic E-state index is 2.63. The molecule has 1 heterocycles. The number of benzene rings is 1. The van der Waals surface area contributed by atoms with Crippen LogP contribution in [0.3, 0.4) is 0 Å². The molecule has 1 aliphatic heterocycles. The highest BCUT2D eigenvalue weighted by molar-refractivity contribution is 5.17. The summed E-state index contributed by atoms with van der Waals surface area (Å²) in [5, 5.41) is 0. The summed E-state index contributed by atoms with van der Waals surface area (Å²) in [5.74, 6) is 0. The number of nitrogens with zero attached hydrogens (tertiary/aromatic N) is 2. The van der Waals surface area contributed by atoms with Crippen LogP contribution in [0.5, 0.6) is 0 Å². The van der Waals surface area contributed by atoms with Gasteiger partial charge in [-0.1, -0.05) is 173 Å². The minimum atomic E-state index is 0.504. The van der Waals surface area contributed by atoms with Crippen LogP contribution in [0.4, 0.5) is 0 Å². The maximum absolute atomic E-state index is 2.63. The van der Waals surface area contributed by atoms with E-state index in [1.165, 1.54) is 160 Å². The van der Waals surface area contributed by atoms with Crippen molar-refractivity contribution in [2.45, 2.75) is 168 Å². The summed E-state index contributed by atoms with van der Waals surface area (Å²) in [6.45, 7) is 7.02. The Bertz CT molecular complexity index is 655.